The van der Waals surface area contributed by atoms with Gasteiger partial charge in [0.15, 0.2) is 5.84 Å². The van der Waals surface area contributed by atoms with Crippen molar-refractivity contribution in [3.63, 3.8) is 0 Å². The second-order valence-electron chi connectivity index (χ2n) is 4.85. The zero-order valence-electron chi connectivity index (χ0n) is 12.6. The number of amidine groups is 1. The van der Waals surface area contributed by atoms with Gasteiger partial charge >= 0.3 is 0 Å². The Bertz CT molecular complexity index is 786. The van der Waals surface area contributed by atoms with Crippen LogP contribution in [0.3, 0.4) is 0 Å². The van der Waals surface area contributed by atoms with Crippen LogP contribution in [0.4, 0.5) is 10.1 Å². The van der Waals surface area contributed by atoms with Crippen LogP contribution in [0.1, 0.15) is 12.5 Å². The van der Waals surface area contributed by atoms with E-state index in [1.54, 1.807) is 30.3 Å². The third-order valence-electron chi connectivity index (χ3n) is 2.99. The van der Waals surface area contributed by atoms with Gasteiger partial charge in [0.1, 0.15) is 5.82 Å². The minimum absolute atomic E-state index is 0.0467. The molecule has 0 aliphatic carbocycles. The van der Waals surface area contributed by atoms with Crippen LogP contribution in [-0.4, -0.2) is 17.8 Å². The molecule has 1 unspecified atom stereocenters. The Kier molecular flexibility index (Phi) is 6.16. The summed E-state index contributed by atoms with van der Waals surface area (Å²) in [7, 11) is 0. The van der Waals surface area contributed by atoms with Crippen LogP contribution < -0.4 is 11.1 Å². The molecule has 2 aromatic rings. The molecule has 0 saturated heterocycles. The van der Waals surface area contributed by atoms with Crippen LogP contribution in [0.15, 0.2) is 52.1 Å². The van der Waals surface area contributed by atoms with Crippen molar-refractivity contribution in [2.24, 2.45) is 10.9 Å². The maximum Gasteiger partial charge on any atom is 0.268 e. The van der Waals surface area contributed by atoms with E-state index in [4.69, 9.17) is 22.2 Å². The summed E-state index contributed by atoms with van der Waals surface area (Å²) in [6.45, 7) is 1.47. The van der Waals surface area contributed by atoms with Crippen LogP contribution in [0, 0.1) is 5.82 Å². The molecule has 8 heteroatoms. The van der Waals surface area contributed by atoms with Gasteiger partial charge in [-0.1, -0.05) is 44.8 Å². The number of anilines is 1. The number of nitrogens with two attached hydrogens (primary N) is 1. The number of carbonyl (C=O) groups excluding carboxylic acids is 1. The number of benzene rings is 2. The Labute approximate surface area is 151 Å². The van der Waals surface area contributed by atoms with E-state index < -0.39 is 17.8 Å². The molecule has 3 N–H and O–H groups in total. The van der Waals surface area contributed by atoms with Crippen molar-refractivity contribution < 1.29 is 14.0 Å². The molecule has 0 spiro atoms. The fourth-order valence-electron chi connectivity index (χ4n) is 1.71. The fourth-order valence-corrected chi connectivity index (χ4v) is 2.23. The third kappa shape index (κ3) is 4.94. The Hall–Kier alpha value is -2.12. The van der Waals surface area contributed by atoms with Crippen LogP contribution >= 0.6 is 27.5 Å². The van der Waals surface area contributed by atoms with Crippen molar-refractivity contribution in [1.82, 2.24) is 0 Å². The zero-order valence-corrected chi connectivity index (χ0v) is 14.9. The van der Waals surface area contributed by atoms with E-state index in [9.17, 15) is 9.18 Å². The summed E-state index contributed by atoms with van der Waals surface area (Å²) in [5, 5.41) is 6.63. The molecule has 0 radical (unpaired) electrons. The summed E-state index contributed by atoms with van der Waals surface area (Å²) < 4.78 is 14.3. The van der Waals surface area contributed by atoms with Crippen LogP contribution in [0.25, 0.3) is 0 Å². The molecular weight excluding hydrogens is 401 g/mol. The van der Waals surface area contributed by atoms with Crippen LogP contribution in [0.5, 0.6) is 0 Å². The quantitative estimate of drug-likeness (QED) is 0.442. The second kappa shape index (κ2) is 8.12. The molecule has 24 heavy (non-hydrogen) atoms. The minimum Gasteiger partial charge on any atom is -0.381 e. The van der Waals surface area contributed by atoms with Crippen molar-refractivity contribution in [2.75, 3.05) is 5.32 Å². The van der Waals surface area contributed by atoms with Gasteiger partial charge in [0.2, 0.25) is 6.10 Å². The number of hydrogen-bond donors (Lipinski definition) is 2. The van der Waals surface area contributed by atoms with Gasteiger partial charge in [-0.25, -0.2) is 4.39 Å². The Morgan fingerprint density at radius 3 is 2.79 bits per heavy atom. The lowest BCUT2D eigenvalue weighted by atomic mass is 10.2. The predicted molar refractivity (Wildman–Crippen MR) is 95.5 cm³/mol. The van der Waals surface area contributed by atoms with E-state index in [-0.39, 0.29) is 11.5 Å². The lowest BCUT2D eigenvalue weighted by Gasteiger charge is -2.12. The maximum absolute atomic E-state index is 13.7. The highest BCUT2D eigenvalue weighted by atomic mass is 79.9. The normalized spacial score (nSPS) is 12.6. The fraction of sp³-hybridized carbons (Fsp3) is 0.125. The van der Waals surface area contributed by atoms with Gasteiger partial charge in [-0.15, -0.1) is 0 Å². The molecule has 0 aliphatic heterocycles. The first-order valence-electron chi connectivity index (χ1n) is 6.88. The molecular formula is C16H14BrClFN3O2. The topological polar surface area (TPSA) is 76.7 Å². The van der Waals surface area contributed by atoms with Crippen LogP contribution in [-0.2, 0) is 9.63 Å². The van der Waals surface area contributed by atoms with Crippen LogP contribution in [0.2, 0.25) is 5.02 Å². The number of carbonyl (C=O) groups is 1. The summed E-state index contributed by atoms with van der Waals surface area (Å²) in [6.07, 6.45) is -0.967. The molecule has 0 saturated carbocycles. The van der Waals surface area contributed by atoms with Gasteiger partial charge in [-0.3, -0.25) is 4.79 Å². The molecule has 2 rings (SSSR count). The van der Waals surface area contributed by atoms with E-state index in [1.165, 1.54) is 19.1 Å². The van der Waals surface area contributed by atoms with Gasteiger partial charge in [0, 0.05) is 15.1 Å². The van der Waals surface area contributed by atoms with Gasteiger partial charge in [0.25, 0.3) is 5.91 Å². The van der Waals surface area contributed by atoms with E-state index in [0.717, 1.165) is 0 Å². The molecule has 0 heterocycles. The number of oxime groups is 1. The summed E-state index contributed by atoms with van der Waals surface area (Å²) in [4.78, 5) is 17.1. The van der Waals surface area contributed by atoms with E-state index in [1.807, 2.05) is 0 Å². The molecule has 5 nitrogen and oxygen atoms in total. The highest BCUT2D eigenvalue weighted by molar-refractivity contribution is 9.10. The summed E-state index contributed by atoms with van der Waals surface area (Å²) in [5.74, 6) is -1.04. The number of rotatable bonds is 5. The van der Waals surface area contributed by atoms with E-state index >= 15 is 0 Å². The summed E-state index contributed by atoms with van der Waals surface area (Å²) >= 11 is 9.00. The molecule has 1 amide bonds. The Morgan fingerprint density at radius 1 is 1.38 bits per heavy atom. The summed E-state index contributed by atoms with van der Waals surface area (Å²) in [5.41, 5.74) is 6.39. The van der Waals surface area contributed by atoms with E-state index in [0.29, 0.717) is 15.1 Å². The number of nitrogens with one attached hydrogen (secondary N) is 1. The molecule has 2 aromatic carbocycles. The smallest absolute Gasteiger partial charge is 0.268 e. The van der Waals surface area contributed by atoms with Crippen molar-refractivity contribution in [1.29, 1.82) is 0 Å². The molecule has 0 aliphatic rings. The van der Waals surface area contributed by atoms with Crippen molar-refractivity contribution in [2.45, 2.75) is 13.0 Å². The molecule has 0 fully saturated rings. The summed E-state index contributed by atoms with van der Waals surface area (Å²) in [6, 6.07) is 11.0. The minimum atomic E-state index is -0.967. The highest BCUT2D eigenvalue weighted by Crippen LogP contribution is 2.19. The monoisotopic (exact) mass is 413 g/mol. The number of halogens is 3. The first-order chi connectivity index (χ1) is 11.4. The first kappa shape index (κ1) is 18.2. The van der Waals surface area contributed by atoms with Gasteiger partial charge in [0.05, 0.1) is 5.69 Å². The van der Waals surface area contributed by atoms with Gasteiger partial charge < -0.3 is 15.9 Å². The van der Waals surface area contributed by atoms with Gasteiger partial charge in [-0.2, -0.15) is 0 Å². The van der Waals surface area contributed by atoms with Crippen molar-refractivity contribution in [3.05, 3.63) is 63.3 Å². The lowest BCUT2D eigenvalue weighted by molar-refractivity contribution is -0.126. The Balaban J connectivity index is 1.99. The second-order valence-corrected chi connectivity index (χ2v) is 6.20. The van der Waals surface area contributed by atoms with E-state index in [2.05, 4.69) is 26.4 Å². The molecule has 0 aromatic heterocycles. The molecule has 126 valence electrons. The average molecular weight is 415 g/mol. The predicted octanol–water partition coefficient (Wildman–Crippen LogP) is 3.91. The Morgan fingerprint density at radius 2 is 2.12 bits per heavy atom. The molecule has 0 bridgehead atoms. The average Bonchev–Trinajstić information content (AvgIpc) is 2.54. The maximum atomic E-state index is 13.7. The first-order valence-corrected chi connectivity index (χ1v) is 8.05. The number of nitrogens with zero attached hydrogens (tertiary/aromatic N) is 1. The number of hydrogen-bond acceptors (Lipinski definition) is 3. The third-order valence-corrected chi connectivity index (χ3v) is 3.72. The SMILES string of the molecule is CC(O/N=C(/N)c1cccc(Cl)c1)C(=O)Nc1ccc(Br)cc1F. The van der Waals surface area contributed by atoms with Crippen molar-refractivity contribution in [3.8, 4) is 0 Å². The zero-order chi connectivity index (χ0) is 17.7. The standard InChI is InChI=1S/C16H14BrClFN3O2/c1-9(16(23)21-14-6-5-11(17)8-13(14)19)24-22-15(20)10-3-2-4-12(18)7-10/h2-9H,1H3,(H2,20,22)(H,21,23). The van der Waals surface area contributed by atoms with Crippen molar-refractivity contribution >= 4 is 45.0 Å². The molecule has 1 atom stereocenters. The highest BCUT2D eigenvalue weighted by Gasteiger charge is 2.16. The lowest BCUT2D eigenvalue weighted by Crippen LogP contribution is -2.28. The largest absolute Gasteiger partial charge is 0.381 e. The van der Waals surface area contributed by atoms with Gasteiger partial charge in [-0.05, 0) is 37.3 Å². The number of amides is 1.